The molecule has 0 atom stereocenters. The van der Waals surface area contributed by atoms with Crippen LogP contribution in [0.5, 0.6) is 5.75 Å². The van der Waals surface area contributed by atoms with Gasteiger partial charge in [-0.05, 0) is 18.2 Å². The summed E-state index contributed by atoms with van der Waals surface area (Å²) in [7, 11) is 1.71. The van der Waals surface area contributed by atoms with Gasteiger partial charge in [-0.3, -0.25) is 10.1 Å². The van der Waals surface area contributed by atoms with Gasteiger partial charge in [-0.15, -0.1) is 0 Å². The van der Waals surface area contributed by atoms with E-state index in [1.165, 1.54) is 6.33 Å². The number of para-hydroxylation sites is 1. The van der Waals surface area contributed by atoms with Crippen molar-refractivity contribution in [3.8, 4) is 5.75 Å². The maximum Gasteiger partial charge on any atom is 0.353 e. The first-order valence-corrected chi connectivity index (χ1v) is 9.93. The normalized spacial score (nSPS) is 13.8. The van der Waals surface area contributed by atoms with E-state index in [4.69, 9.17) is 0 Å². The molecule has 0 unspecified atom stereocenters. The molecule has 1 aliphatic heterocycles. The number of pyridine rings is 1. The third kappa shape index (κ3) is 4.32. The van der Waals surface area contributed by atoms with Gasteiger partial charge in [0.05, 0.1) is 4.92 Å². The predicted octanol–water partition coefficient (Wildman–Crippen LogP) is 2.45. The molecular weight excluding hydrogens is 398 g/mol. The van der Waals surface area contributed by atoms with Crippen LogP contribution in [0.3, 0.4) is 0 Å². The SMILES string of the molecule is CN(Cc1ccccc1O)c1ncnc(N2CCN(c3ccccn3)CC2)c1[N+](=O)[O-]. The van der Waals surface area contributed by atoms with Crippen LogP contribution in [-0.4, -0.2) is 58.2 Å². The maximum atomic E-state index is 12.0. The molecule has 10 nitrogen and oxygen atoms in total. The standard InChI is InChI=1S/C21H23N7O3/c1-25(14-16-6-2-3-7-17(16)29)20-19(28(30)31)21(24-15-23-20)27-12-10-26(11-13-27)18-8-4-5-9-22-18/h2-9,15,29H,10-14H2,1H3. The van der Waals surface area contributed by atoms with Crippen molar-refractivity contribution in [2.45, 2.75) is 6.54 Å². The molecule has 31 heavy (non-hydrogen) atoms. The van der Waals surface area contributed by atoms with Crippen LogP contribution in [0, 0.1) is 10.1 Å². The summed E-state index contributed by atoms with van der Waals surface area (Å²) in [5, 5.41) is 22.0. The van der Waals surface area contributed by atoms with E-state index in [0.29, 0.717) is 37.6 Å². The Labute approximate surface area is 179 Å². The fourth-order valence-electron chi connectivity index (χ4n) is 3.70. The van der Waals surface area contributed by atoms with E-state index < -0.39 is 4.92 Å². The van der Waals surface area contributed by atoms with Crippen molar-refractivity contribution in [3.63, 3.8) is 0 Å². The van der Waals surface area contributed by atoms with Crippen LogP contribution in [0.2, 0.25) is 0 Å². The number of hydrogen-bond donors (Lipinski definition) is 1. The van der Waals surface area contributed by atoms with Crippen molar-refractivity contribution in [2.24, 2.45) is 0 Å². The molecule has 3 aromatic rings. The first-order valence-electron chi connectivity index (χ1n) is 9.93. The zero-order valence-electron chi connectivity index (χ0n) is 17.1. The van der Waals surface area contributed by atoms with E-state index >= 15 is 0 Å². The monoisotopic (exact) mass is 421 g/mol. The second-order valence-corrected chi connectivity index (χ2v) is 7.27. The van der Waals surface area contributed by atoms with Crippen LogP contribution < -0.4 is 14.7 Å². The summed E-state index contributed by atoms with van der Waals surface area (Å²) in [6, 6.07) is 12.7. The molecule has 0 bridgehead atoms. The second kappa shape index (κ2) is 8.82. The molecule has 4 rings (SSSR count). The summed E-state index contributed by atoms with van der Waals surface area (Å²) in [4.78, 5) is 30.1. The van der Waals surface area contributed by atoms with Crippen LogP contribution in [0.25, 0.3) is 0 Å². The van der Waals surface area contributed by atoms with Crippen molar-refractivity contribution >= 4 is 23.1 Å². The lowest BCUT2D eigenvalue weighted by atomic mass is 10.2. The molecule has 0 radical (unpaired) electrons. The third-order valence-corrected chi connectivity index (χ3v) is 5.28. The molecule has 1 aliphatic rings. The Morgan fingerprint density at radius 3 is 2.42 bits per heavy atom. The topological polar surface area (TPSA) is 112 Å². The zero-order chi connectivity index (χ0) is 21.8. The second-order valence-electron chi connectivity index (χ2n) is 7.27. The maximum absolute atomic E-state index is 12.0. The number of piperazine rings is 1. The first kappa shape index (κ1) is 20.3. The Bertz CT molecular complexity index is 1060. The predicted molar refractivity (Wildman–Crippen MR) is 118 cm³/mol. The lowest BCUT2D eigenvalue weighted by Crippen LogP contribution is -2.47. The van der Waals surface area contributed by atoms with Gasteiger partial charge in [-0.1, -0.05) is 24.3 Å². The highest BCUT2D eigenvalue weighted by Crippen LogP contribution is 2.35. The molecule has 1 fully saturated rings. The van der Waals surface area contributed by atoms with Crippen molar-refractivity contribution in [1.82, 2.24) is 15.0 Å². The minimum atomic E-state index is -0.433. The fraction of sp³-hybridized carbons (Fsp3) is 0.286. The van der Waals surface area contributed by atoms with E-state index in [2.05, 4.69) is 19.9 Å². The third-order valence-electron chi connectivity index (χ3n) is 5.28. The minimum absolute atomic E-state index is 0.133. The molecule has 10 heteroatoms. The van der Waals surface area contributed by atoms with Gasteiger partial charge in [-0.2, -0.15) is 0 Å². The summed E-state index contributed by atoms with van der Waals surface area (Å²) in [5.74, 6) is 1.55. The number of nitrogens with zero attached hydrogens (tertiary/aromatic N) is 7. The van der Waals surface area contributed by atoms with Gasteiger partial charge in [0, 0.05) is 51.5 Å². The van der Waals surface area contributed by atoms with Gasteiger partial charge < -0.3 is 19.8 Å². The van der Waals surface area contributed by atoms with Gasteiger partial charge in [0.1, 0.15) is 17.9 Å². The Kier molecular flexibility index (Phi) is 5.78. The Hall–Kier alpha value is -3.95. The number of aromatic hydroxyl groups is 1. The quantitative estimate of drug-likeness (QED) is 0.474. The van der Waals surface area contributed by atoms with Gasteiger partial charge in [0.15, 0.2) is 0 Å². The van der Waals surface area contributed by atoms with Gasteiger partial charge in [0.25, 0.3) is 0 Å². The van der Waals surface area contributed by atoms with Crippen LogP contribution in [0.4, 0.5) is 23.1 Å². The molecule has 0 aliphatic carbocycles. The molecule has 0 amide bonds. The van der Waals surface area contributed by atoms with Crippen LogP contribution >= 0.6 is 0 Å². The average Bonchev–Trinajstić information content (AvgIpc) is 2.80. The Morgan fingerprint density at radius 2 is 1.74 bits per heavy atom. The lowest BCUT2D eigenvalue weighted by molar-refractivity contribution is -0.383. The molecule has 1 N–H and O–H groups in total. The smallest absolute Gasteiger partial charge is 0.353 e. The van der Waals surface area contributed by atoms with E-state index in [1.54, 1.807) is 36.3 Å². The molecule has 3 heterocycles. The minimum Gasteiger partial charge on any atom is -0.508 e. The summed E-state index contributed by atoms with van der Waals surface area (Å²) >= 11 is 0. The lowest BCUT2D eigenvalue weighted by Gasteiger charge is -2.35. The molecule has 1 saturated heterocycles. The molecule has 1 aromatic carbocycles. The molecule has 0 spiro atoms. The zero-order valence-corrected chi connectivity index (χ0v) is 17.1. The van der Waals surface area contributed by atoms with E-state index in [0.717, 1.165) is 5.82 Å². The largest absolute Gasteiger partial charge is 0.508 e. The van der Waals surface area contributed by atoms with E-state index in [1.807, 2.05) is 29.2 Å². The van der Waals surface area contributed by atoms with Crippen LogP contribution in [0.1, 0.15) is 5.56 Å². The molecule has 2 aromatic heterocycles. The fourth-order valence-corrected chi connectivity index (χ4v) is 3.70. The van der Waals surface area contributed by atoms with E-state index in [9.17, 15) is 15.2 Å². The number of hydrogen-bond acceptors (Lipinski definition) is 9. The Balaban J connectivity index is 1.56. The highest BCUT2D eigenvalue weighted by atomic mass is 16.6. The number of phenols is 1. The summed E-state index contributed by atoms with van der Waals surface area (Å²) in [6.45, 7) is 2.80. The highest BCUT2D eigenvalue weighted by molar-refractivity contribution is 5.71. The van der Waals surface area contributed by atoms with Crippen molar-refractivity contribution < 1.29 is 10.0 Å². The highest BCUT2D eigenvalue weighted by Gasteiger charge is 2.31. The van der Waals surface area contributed by atoms with Gasteiger partial charge in [-0.25, -0.2) is 15.0 Å². The van der Waals surface area contributed by atoms with Crippen molar-refractivity contribution in [1.29, 1.82) is 0 Å². The average molecular weight is 421 g/mol. The van der Waals surface area contributed by atoms with Gasteiger partial charge in [0.2, 0.25) is 11.6 Å². The molecule has 0 saturated carbocycles. The number of rotatable bonds is 6. The molecular formula is C21H23N7O3. The summed E-state index contributed by atoms with van der Waals surface area (Å²) < 4.78 is 0. The number of phenolic OH excluding ortho intramolecular Hbond substituents is 1. The number of aromatic nitrogens is 3. The van der Waals surface area contributed by atoms with E-state index in [-0.39, 0.29) is 23.8 Å². The molecule has 160 valence electrons. The van der Waals surface area contributed by atoms with Gasteiger partial charge >= 0.3 is 5.69 Å². The number of benzene rings is 1. The Morgan fingerprint density at radius 1 is 1.03 bits per heavy atom. The van der Waals surface area contributed by atoms with Crippen molar-refractivity contribution in [3.05, 3.63) is 70.7 Å². The van der Waals surface area contributed by atoms with Crippen LogP contribution in [-0.2, 0) is 6.54 Å². The number of anilines is 3. The summed E-state index contributed by atoms with van der Waals surface area (Å²) in [5.41, 5.74) is 0.523. The number of nitro groups is 1. The van der Waals surface area contributed by atoms with Crippen molar-refractivity contribution in [2.75, 3.05) is 47.9 Å². The first-order chi connectivity index (χ1) is 15.0. The summed E-state index contributed by atoms with van der Waals surface area (Å²) in [6.07, 6.45) is 3.10. The van der Waals surface area contributed by atoms with Crippen LogP contribution in [0.15, 0.2) is 55.0 Å².